The van der Waals surface area contributed by atoms with E-state index in [1.807, 2.05) is 0 Å². The zero-order valence-corrected chi connectivity index (χ0v) is 13.2. The molecule has 0 aromatic carbocycles. The third-order valence-electron chi connectivity index (χ3n) is 3.97. The third-order valence-corrected chi connectivity index (χ3v) is 5.23. The van der Waals surface area contributed by atoms with Gasteiger partial charge in [-0.05, 0) is 31.7 Å². The Morgan fingerprint density at radius 3 is 3.00 bits per heavy atom. The largest absolute Gasteiger partial charge is 0.313 e. The van der Waals surface area contributed by atoms with Gasteiger partial charge in [0.15, 0.2) is 5.16 Å². The van der Waals surface area contributed by atoms with Crippen molar-refractivity contribution in [2.75, 3.05) is 6.54 Å². The van der Waals surface area contributed by atoms with E-state index in [0.717, 1.165) is 17.6 Å². The molecule has 1 aliphatic carbocycles. The minimum Gasteiger partial charge on any atom is -0.313 e. The fourth-order valence-electron chi connectivity index (χ4n) is 3.06. The summed E-state index contributed by atoms with van der Waals surface area (Å²) in [6.07, 6.45) is 7.93. The van der Waals surface area contributed by atoms with Gasteiger partial charge in [-0.25, -0.2) is 4.98 Å². The van der Waals surface area contributed by atoms with Crippen molar-refractivity contribution in [1.82, 2.24) is 15.3 Å². The molecule has 0 aliphatic heterocycles. The standard InChI is InChI=1S/C15H25N3OS/c1-3-5-11-6-7-12(16-4-2)13(10-11)20-15-17-9-8-14(19)18-15/h8-9,11-13,16H,3-7,10H2,1-2H3,(H,17,18,19). The number of aromatic nitrogens is 2. The molecule has 1 aliphatic rings. The first-order chi connectivity index (χ1) is 9.72. The van der Waals surface area contributed by atoms with Gasteiger partial charge < -0.3 is 10.3 Å². The van der Waals surface area contributed by atoms with E-state index in [4.69, 9.17) is 0 Å². The number of rotatable bonds is 6. The van der Waals surface area contributed by atoms with E-state index >= 15 is 0 Å². The van der Waals surface area contributed by atoms with E-state index < -0.39 is 0 Å². The number of thioether (sulfide) groups is 1. The molecule has 2 rings (SSSR count). The Kier molecular flexibility index (Phi) is 6.10. The van der Waals surface area contributed by atoms with Crippen LogP contribution < -0.4 is 10.9 Å². The molecular weight excluding hydrogens is 270 g/mol. The van der Waals surface area contributed by atoms with E-state index in [1.165, 1.54) is 38.2 Å². The van der Waals surface area contributed by atoms with Crippen LogP contribution in [0.15, 0.2) is 22.2 Å². The third kappa shape index (κ3) is 4.35. The van der Waals surface area contributed by atoms with Gasteiger partial charge >= 0.3 is 0 Å². The molecule has 4 nitrogen and oxygen atoms in total. The molecule has 0 spiro atoms. The maximum Gasteiger partial charge on any atom is 0.251 e. The minimum absolute atomic E-state index is 0.0663. The predicted molar refractivity (Wildman–Crippen MR) is 84.2 cm³/mol. The monoisotopic (exact) mass is 295 g/mol. The summed E-state index contributed by atoms with van der Waals surface area (Å²) in [4.78, 5) is 18.5. The second kappa shape index (κ2) is 7.84. The summed E-state index contributed by atoms with van der Waals surface area (Å²) in [6, 6.07) is 2.00. The molecule has 3 atom stereocenters. The Balaban J connectivity index is 2.04. The fraction of sp³-hybridized carbons (Fsp3) is 0.733. The van der Waals surface area contributed by atoms with Crippen molar-refractivity contribution in [3.63, 3.8) is 0 Å². The first-order valence-electron chi connectivity index (χ1n) is 7.68. The Bertz CT molecular complexity index is 462. The van der Waals surface area contributed by atoms with Crippen molar-refractivity contribution in [2.24, 2.45) is 5.92 Å². The molecule has 1 aromatic heterocycles. The summed E-state index contributed by atoms with van der Waals surface area (Å²) in [5.41, 5.74) is -0.0663. The normalized spacial score (nSPS) is 26.6. The van der Waals surface area contributed by atoms with Crippen LogP contribution in [-0.2, 0) is 0 Å². The molecule has 3 unspecified atom stereocenters. The van der Waals surface area contributed by atoms with Crippen molar-refractivity contribution >= 4 is 11.8 Å². The Morgan fingerprint density at radius 1 is 1.45 bits per heavy atom. The molecule has 0 saturated heterocycles. The fourth-order valence-corrected chi connectivity index (χ4v) is 4.40. The molecule has 1 fully saturated rings. The lowest BCUT2D eigenvalue weighted by Gasteiger charge is -2.36. The van der Waals surface area contributed by atoms with E-state index in [2.05, 4.69) is 29.1 Å². The molecule has 1 aromatic rings. The smallest absolute Gasteiger partial charge is 0.251 e. The van der Waals surface area contributed by atoms with Crippen LogP contribution in [0.5, 0.6) is 0 Å². The summed E-state index contributed by atoms with van der Waals surface area (Å²) < 4.78 is 0. The van der Waals surface area contributed by atoms with Gasteiger partial charge in [-0.15, -0.1) is 0 Å². The minimum atomic E-state index is -0.0663. The van der Waals surface area contributed by atoms with Gasteiger partial charge in [0.25, 0.3) is 5.56 Å². The van der Waals surface area contributed by atoms with Crippen molar-refractivity contribution in [1.29, 1.82) is 0 Å². The number of hydrogen-bond acceptors (Lipinski definition) is 4. The predicted octanol–water partition coefficient (Wildman–Crippen LogP) is 2.81. The highest BCUT2D eigenvalue weighted by molar-refractivity contribution is 7.99. The average molecular weight is 295 g/mol. The topological polar surface area (TPSA) is 57.8 Å². The second-order valence-electron chi connectivity index (χ2n) is 5.53. The highest BCUT2D eigenvalue weighted by Crippen LogP contribution is 2.36. The molecule has 112 valence electrons. The van der Waals surface area contributed by atoms with Crippen LogP contribution in [0.4, 0.5) is 0 Å². The molecule has 2 N–H and O–H groups in total. The van der Waals surface area contributed by atoms with Crippen LogP contribution in [-0.4, -0.2) is 27.8 Å². The Morgan fingerprint density at radius 2 is 2.30 bits per heavy atom. The molecule has 0 radical (unpaired) electrons. The number of hydrogen-bond donors (Lipinski definition) is 2. The van der Waals surface area contributed by atoms with Gasteiger partial charge in [-0.1, -0.05) is 38.5 Å². The number of aromatic amines is 1. The zero-order valence-electron chi connectivity index (χ0n) is 12.4. The molecular formula is C15H25N3OS. The van der Waals surface area contributed by atoms with E-state index in [-0.39, 0.29) is 5.56 Å². The highest BCUT2D eigenvalue weighted by Gasteiger charge is 2.30. The van der Waals surface area contributed by atoms with E-state index in [9.17, 15) is 4.79 Å². The van der Waals surface area contributed by atoms with E-state index in [0.29, 0.717) is 11.3 Å². The lowest BCUT2D eigenvalue weighted by molar-refractivity contribution is 0.289. The summed E-state index contributed by atoms with van der Waals surface area (Å²) >= 11 is 1.73. The van der Waals surface area contributed by atoms with Crippen LogP contribution in [0, 0.1) is 5.92 Å². The summed E-state index contributed by atoms with van der Waals surface area (Å²) in [5, 5.41) is 4.85. The van der Waals surface area contributed by atoms with Crippen molar-refractivity contribution < 1.29 is 0 Å². The Hall–Kier alpha value is -0.810. The molecule has 0 bridgehead atoms. The lowest BCUT2D eigenvalue weighted by Crippen LogP contribution is -2.42. The zero-order chi connectivity index (χ0) is 14.4. The highest BCUT2D eigenvalue weighted by atomic mass is 32.2. The summed E-state index contributed by atoms with van der Waals surface area (Å²) in [5.74, 6) is 0.822. The second-order valence-corrected chi connectivity index (χ2v) is 6.76. The number of nitrogens with zero attached hydrogens (tertiary/aromatic N) is 1. The van der Waals surface area contributed by atoms with Gasteiger partial charge in [0.05, 0.1) is 0 Å². The van der Waals surface area contributed by atoms with Gasteiger partial charge in [-0.3, -0.25) is 4.79 Å². The number of nitrogens with one attached hydrogen (secondary N) is 2. The quantitative estimate of drug-likeness (QED) is 0.792. The van der Waals surface area contributed by atoms with Gasteiger partial charge in [0.2, 0.25) is 0 Å². The first kappa shape index (κ1) is 15.6. The first-order valence-corrected chi connectivity index (χ1v) is 8.56. The molecule has 5 heteroatoms. The van der Waals surface area contributed by atoms with Crippen LogP contribution in [0.3, 0.4) is 0 Å². The van der Waals surface area contributed by atoms with Crippen LogP contribution in [0.1, 0.15) is 46.0 Å². The average Bonchev–Trinajstić information content (AvgIpc) is 2.42. The van der Waals surface area contributed by atoms with E-state index in [1.54, 1.807) is 18.0 Å². The maximum absolute atomic E-state index is 11.4. The SMILES string of the molecule is CCCC1CCC(NCC)C(Sc2nccc(=O)[nH]2)C1. The molecule has 20 heavy (non-hydrogen) atoms. The number of H-pyrrole nitrogens is 1. The van der Waals surface area contributed by atoms with Gasteiger partial charge in [-0.2, -0.15) is 0 Å². The van der Waals surface area contributed by atoms with Crippen molar-refractivity contribution in [3.8, 4) is 0 Å². The summed E-state index contributed by atoms with van der Waals surface area (Å²) in [7, 11) is 0. The van der Waals surface area contributed by atoms with Crippen molar-refractivity contribution in [3.05, 3.63) is 22.6 Å². The van der Waals surface area contributed by atoms with Crippen LogP contribution >= 0.6 is 11.8 Å². The molecule has 1 saturated carbocycles. The van der Waals surface area contributed by atoms with Gasteiger partial charge in [0.1, 0.15) is 0 Å². The summed E-state index contributed by atoms with van der Waals surface area (Å²) in [6.45, 7) is 5.41. The van der Waals surface area contributed by atoms with Crippen molar-refractivity contribution in [2.45, 2.75) is 62.4 Å². The Labute approximate surface area is 125 Å². The molecule has 1 heterocycles. The van der Waals surface area contributed by atoms with Crippen LogP contribution in [0.25, 0.3) is 0 Å². The lowest BCUT2D eigenvalue weighted by atomic mass is 9.83. The van der Waals surface area contributed by atoms with Gasteiger partial charge in [0, 0.05) is 23.6 Å². The molecule has 0 amide bonds. The van der Waals surface area contributed by atoms with Crippen LogP contribution in [0.2, 0.25) is 0 Å². The maximum atomic E-state index is 11.4.